The summed E-state index contributed by atoms with van der Waals surface area (Å²) >= 11 is 0. The van der Waals surface area contributed by atoms with Gasteiger partial charge in [0.05, 0.1) is 27.6 Å². The predicted octanol–water partition coefficient (Wildman–Crippen LogP) is 13.4. The first kappa shape index (κ1) is 29.4. The fraction of sp³-hybridized carbons (Fsp3) is 0. The van der Waals surface area contributed by atoms with Gasteiger partial charge in [0.25, 0.3) is 0 Å². The molecule has 0 bridgehead atoms. The highest BCUT2D eigenvalue weighted by molar-refractivity contribution is 6.18. The molecule has 0 atom stereocenters. The quantitative estimate of drug-likeness (QED) is 0.181. The number of hydrogen-bond acceptors (Lipinski definition) is 1. The van der Waals surface area contributed by atoms with Crippen LogP contribution < -0.4 is 0 Å². The zero-order valence-electron chi connectivity index (χ0n) is 29.2. The molecule has 250 valence electrons. The average molecular weight is 686 g/mol. The Labute approximate surface area is 311 Å². The van der Waals surface area contributed by atoms with E-state index >= 15 is 0 Å². The molecule has 0 spiro atoms. The van der Waals surface area contributed by atoms with Crippen molar-refractivity contribution in [2.45, 2.75) is 0 Å². The van der Waals surface area contributed by atoms with Gasteiger partial charge in [-0.05, 0) is 112 Å². The molecule has 0 radical (unpaired) electrons. The van der Waals surface area contributed by atoms with Gasteiger partial charge in [-0.15, -0.1) is 0 Å². The third-order valence-electron chi connectivity index (χ3n) is 11.5. The lowest BCUT2D eigenvalue weighted by Gasteiger charge is -2.10. The Morgan fingerprint density at radius 2 is 0.778 bits per heavy atom. The Bertz CT molecular complexity index is 3280. The number of aromatic nitrogens is 3. The van der Waals surface area contributed by atoms with E-state index in [1.807, 2.05) is 6.20 Å². The van der Waals surface area contributed by atoms with Crippen molar-refractivity contribution in [1.82, 2.24) is 14.1 Å². The molecule has 1 aliphatic carbocycles. The van der Waals surface area contributed by atoms with Gasteiger partial charge < -0.3 is 9.13 Å². The van der Waals surface area contributed by atoms with E-state index in [-0.39, 0.29) is 0 Å². The minimum atomic E-state index is 1.05. The first-order valence-electron chi connectivity index (χ1n) is 18.5. The summed E-state index contributed by atoms with van der Waals surface area (Å²) in [5.74, 6) is 0. The zero-order valence-corrected chi connectivity index (χ0v) is 29.2. The molecular weight excluding hydrogens is 655 g/mol. The van der Waals surface area contributed by atoms with Gasteiger partial charge in [0.2, 0.25) is 0 Å². The Morgan fingerprint density at radius 3 is 1.41 bits per heavy atom. The molecule has 11 aromatic rings. The predicted molar refractivity (Wildman–Crippen MR) is 226 cm³/mol. The fourth-order valence-corrected chi connectivity index (χ4v) is 9.14. The van der Waals surface area contributed by atoms with Crippen molar-refractivity contribution in [3.63, 3.8) is 0 Å². The SMILES string of the molecule is c1ccc(-n2c3ccccc3c3cc(-c4ccc5c(c4)c4cc(-c6ccc7c8c(ccnc68)-c6ccccc6-7)ccc4n5-c4ccccc4)ccc32)cc1. The molecule has 0 unspecified atom stereocenters. The topological polar surface area (TPSA) is 22.8 Å². The molecule has 3 nitrogen and oxygen atoms in total. The molecule has 0 saturated heterocycles. The van der Waals surface area contributed by atoms with Crippen molar-refractivity contribution < 1.29 is 0 Å². The highest BCUT2D eigenvalue weighted by Gasteiger charge is 2.24. The lowest BCUT2D eigenvalue weighted by molar-refractivity contribution is 1.18. The molecule has 8 aromatic carbocycles. The molecule has 0 N–H and O–H groups in total. The zero-order chi connectivity index (χ0) is 35.3. The van der Waals surface area contributed by atoms with Gasteiger partial charge in [-0.3, -0.25) is 4.98 Å². The summed E-state index contributed by atoms with van der Waals surface area (Å²) in [6, 6.07) is 66.4. The van der Waals surface area contributed by atoms with E-state index in [0.717, 1.165) is 16.8 Å². The van der Waals surface area contributed by atoms with Crippen molar-refractivity contribution in [2.24, 2.45) is 0 Å². The highest BCUT2D eigenvalue weighted by Crippen LogP contribution is 2.49. The molecule has 54 heavy (non-hydrogen) atoms. The largest absolute Gasteiger partial charge is 0.309 e. The average Bonchev–Trinajstić information content (AvgIpc) is 3.87. The summed E-state index contributed by atoms with van der Waals surface area (Å²) in [4.78, 5) is 5.01. The third kappa shape index (κ3) is 4.09. The van der Waals surface area contributed by atoms with Gasteiger partial charge in [-0.2, -0.15) is 0 Å². The van der Waals surface area contributed by atoms with E-state index in [1.165, 1.54) is 93.6 Å². The van der Waals surface area contributed by atoms with Crippen LogP contribution in [0.25, 0.3) is 110 Å². The molecule has 3 aromatic heterocycles. The van der Waals surface area contributed by atoms with Crippen molar-refractivity contribution in [1.29, 1.82) is 0 Å². The second-order valence-corrected chi connectivity index (χ2v) is 14.3. The van der Waals surface area contributed by atoms with E-state index in [0.29, 0.717) is 0 Å². The van der Waals surface area contributed by atoms with Crippen molar-refractivity contribution in [3.05, 3.63) is 188 Å². The van der Waals surface area contributed by atoms with E-state index < -0.39 is 0 Å². The molecule has 0 fully saturated rings. The molecule has 0 saturated carbocycles. The Hall–Kier alpha value is -7.23. The van der Waals surface area contributed by atoms with Crippen LogP contribution in [0.2, 0.25) is 0 Å². The molecule has 0 aliphatic heterocycles. The summed E-state index contributed by atoms with van der Waals surface area (Å²) < 4.78 is 4.78. The van der Waals surface area contributed by atoms with Gasteiger partial charge in [0, 0.05) is 50.1 Å². The number of pyridine rings is 1. The monoisotopic (exact) mass is 685 g/mol. The van der Waals surface area contributed by atoms with Gasteiger partial charge >= 0.3 is 0 Å². The highest BCUT2D eigenvalue weighted by atomic mass is 15.0. The second kappa shape index (κ2) is 11.1. The first-order chi connectivity index (χ1) is 26.8. The van der Waals surface area contributed by atoms with E-state index in [2.05, 4.69) is 191 Å². The minimum Gasteiger partial charge on any atom is -0.309 e. The van der Waals surface area contributed by atoms with Crippen LogP contribution in [0.15, 0.2) is 188 Å². The maximum Gasteiger partial charge on any atom is 0.0792 e. The van der Waals surface area contributed by atoms with Crippen LogP contribution in [0, 0.1) is 0 Å². The number of fused-ring (bicyclic) bond motifs is 9. The fourth-order valence-electron chi connectivity index (χ4n) is 9.14. The standard InChI is InChI=1S/C51H31N3/c1-3-11-35(12-4-1)53-46-18-10-9-17-40(46)43-29-32(19-24-47(43)53)33-20-25-48-44(30-33)45-31-34(21-26-49(45)54(48)36-13-5-2-6-14-36)37-22-23-41-38-15-7-8-16-39(38)42-27-28-52-51(37)50(41)42/h1-31H. The maximum absolute atomic E-state index is 5.01. The summed E-state index contributed by atoms with van der Waals surface area (Å²) in [5, 5.41) is 6.21. The molecule has 3 heterocycles. The second-order valence-electron chi connectivity index (χ2n) is 14.3. The van der Waals surface area contributed by atoms with E-state index in [4.69, 9.17) is 4.98 Å². The molecule has 12 rings (SSSR count). The Morgan fingerprint density at radius 1 is 0.315 bits per heavy atom. The van der Waals surface area contributed by atoms with Crippen LogP contribution in [-0.2, 0) is 0 Å². The summed E-state index contributed by atoms with van der Waals surface area (Å²) in [6.45, 7) is 0. The van der Waals surface area contributed by atoms with Crippen molar-refractivity contribution in [3.8, 4) is 55.9 Å². The number of nitrogens with zero attached hydrogens (tertiary/aromatic N) is 3. The normalized spacial score (nSPS) is 12.1. The van der Waals surface area contributed by atoms with Gasteiger partial charge in [-0.1, -0.05) is 109 Å². The van der Waals surface area contributed by atoms with Crippen molar-refractivity contribution in [2.75, 3.05) is 0 Å². The Kier molecular flexibility index (Phi) is 6.05. The smallest absolute Gasteiger partial charge is 0.0792 e. The number of para-hydroxylation sites is 3. The maximum atomic E-state index is 5.01. The Balaban J connectivity index is 1.08. The first-order valence-corrected chi connectivity index (χ1v) is 18.5. The molecule has 0 amide bonds. The van der Waals surface area contributed by atoms with Gasteiger partial charge in [0.15, 0.2) is 0 Å². The number of hydrogen-bond donors (Lipinski definition) is 0. The van der Waals surface area contributed by atoms with Crippen LogP contribution in [0.1, 0.15) is 0 Å². The van der Waals surface area contributed by atoms with Gasteiger partial charge in [-0.25, -0.2) is 0 Å². The lowest BCUT2D eigenvalue weighted by Crippen LogP contribution is -1.93. The van der Waals surface area contributed by atoms with Crippen LogP contribution in [0.5, 0.6) is 0 Å². The molecular formula is C51H31N3. The number of rotatable bonds is 4. The molecule has 3 heteroatoms. The molecule has 1 aliphatic rings. The van der Waals surface area contributed by atoms with Crippen molar-refractivity contribution >= 4 is 54.5 Å². The van der Waals surface area contributed by atoms with E-state index in [9.17, 15) is 0 Å². The third-order valence-corrected chi connectivity index (χ3v) is 11.5. The van der Waals surface area contributed by atoms with Crippen LogP contribution in [-0.4, -0.2) is 14.1 Å². The van der Waals surface area contributed by atoms with Gasteiger partial charge in [0.1, 0.15) is 0 Å². The summed E-state index contributed by atoms with van der Waals surface area (Å²) in [6.07, 6.45) is 1.97. The van der Waals surface area contributed by atoms with Crippen LogP contribution in [0.3, 0.4) is 0 Å². The summed E-state index contributed by atoms with van der Waals surface area (Å²) in [5.41, 5.74) is 18.0. The summed E-state index contributed by atoms with van der Waals surface area (Å²) in [7, 11) is 0. The van der Waals surface area contributed by atoms with Crippen LogP contribution in [0.4, 0.5) is 0 Å². The lowest BCUT2D eigenvalue weighted by atomic mass is 9.96. The number of benzene rings is 8. The minimum absolute atomic E-state index is 1.05. The van der Waals surface area contributed by atoms with Crippen LogP contribution >= 0.6 is 0 Å². The van der Waals surface area contributed by atoms with E-state index in [1.54, 1.807) is 0 Å².